The van der Waals surface area contributed by atoms with Gasteiger partial charge in [-0.1, -0.05) is 44.1 Å². The van der Waals surface area contributed by atoms with Gasteiger partial charge in [-0.2, -0.15) is 0 Å². The Kier molecular flexibility index (Phi) is 3.33. The summed E-state index contributed by atoms with van der Waals surface area (Å²) in [5.74, 6) is 0.00162. The second-order valence-electron chi connectivity index (χ2n) is 6.04. The minimum absolute atomic E-state index is 0.00162. The van der Waals surface area contributed by atoms with Crippen LogP contribution in [-0.2, 0) is 6.54 Å². The summed E-state index contributed by atoms with van der Waals surface area (Å²) in [7, 11) is 0. The molecule has 0 fully saturated rings. The third kappa shape index (κ3) is 2.17. The molecule has 6 heteroatoms. The van der Waals surface area contributed by atoms with Crippen molar-refractivity contribution in [2.75, 3.05) is 0 Å². The van der Waals surface area contributed by atoms with E-state index in [9.17, 15) is 9.90 Å². The Hall–Kier alpha value is -2.24. The molecule has 0 bridgehead atoms. The fraction of sp³-hybridized carbons (Fsp3) is 0.429. The van der Waals surface area contributed by atoms with Crippen LogP contribution in [0.25, 0.3) is 0 Å². The quantitative estimate of drug-likeness (QED) is 0.317. The molecule has 0 saturated carbocycles. The molecule has 1 aromatic carbocycles. The molecule has 0 aromatic heterocycles. The number of oxime groups is 1. The molecule has 1 heterocycles. The smallest absolute Gasteiger partial charge is 0.408 e. The average molecular weight is 277 g/mol. The Morgan fingerprint density at radius 1 is 1.45 bits per heavy atom. The topological polar surface area (TPSA) is 99.2 Å². The summed E-state index contributed by atoms with van der Waals surface area (Å²) in [6, 6.07) is 5.19. The van der Waals surface area contributed by atoms with Crippen LogP contribution in [0.2, 0.25) is 0 Å². The Morgan fingerprint density at radius 2 is 2.10 bits per heavy atom. The first-order valence-electron chi connectivity index (χ1n) is 6.36. The lowest BCUT2D eigenvalue weighted by molar-refractivity contribution is 0.0900. The maximum absolute atomic E-state index is 11.5. The second kappa shape index (κ2) is 4.70. The van der Waals surface area contributed by atoms with Crippen LogP contribution in [-0.4, -0.2) is 27.1 Å². The SMILES string of the molecule is CC(C)(C)C1c2cccc(C(N)=NO)c2CN1C(=O)O. The van der Waals surface area contributed by atoms with Gasteiger partial charge in [0.25, 0.3) is 0 Å². The van der Waals surface area contributed by atoms with Crippen LogP contribution in [0, 0.1) is 5.41 Å². The molecule has 1 aliphatic heterocycles. The van der Waals surface area contributed by atoms with Gasteiger partial charge in [-0.15, -0.1) is 0 Å². The van der Waals surface area contributed by atoms with Crippen molar-refractivity contribution in [3.63, 3.8) is 0 Å². The highest BCUT2D eigenvalue weighted by Crippen LogP contribution is 2.45. The van der Waals surface area contributed by atoms with E-state index in [1.165, 1.54) is 4.90 Å². The first-order valence-corrected chi connectivity index (χ1v) is 6.36. The molecule has 1 aromatic rings. The van der Waals surface area contributed by atoms with E-state index in [1.54, 1.807) is 12.1 Å². The van der Waals surface area contributed by atoms with E-state index >= 15 is 0 Å². The van der Waals surface area contributed by atoms with Crippen molar-refractivity contribution in [3.8, 4) is 0 Å². The second-order valence-corrected chi connectivity index (χ2v) is 6.04. The lowest BCUT2D eigenvalue weighted by Gasteiger charge is -2.33. The fourth-order valence-electron chi connectivity index (χ4n) is 2.87. The van der Waals surface area contributed by atoms with Gasteiger partial charge < -0.3 is 16.0 Å². The van der Waals surface area contributed by atoms with Crippen LogP contribution in [0.15, 0.2) is 23.4 Å². The number of carboxylic acid groups (broad SMARTS) is 1. The van der Waals surface area contributed by atoms with Gasteiger partial charge in [-0.3, -0.25) is 4.90 Å². The van der Waals surface area contributed by atoms with Gasteiger partial charge >= 0.3 is 6.09 Å². The molecule has 1 aliphatic rings. The van der Waals surface area contributed by atoms with Crippen molar-refractivity contribution < 1.29 is 15.1 Å². The summed E-state index contributed by atoms with van der Waals surface area (Å²) in [6.07, 6.45) is -0.966. The van der Waals surface area contributed by atoms with E-state index < -0.39 is 6.09 Å². The van der Waals surface area contributed by atoms with Crippen molar-refractivity contribution in [1.29, 1.82) is 0 Å². The zero-order valence-electron chi connectivity index (χ0n) is 11.8. The zero-order valence-corrected chi connectivity index (χ0v) is 11.8. The number of amides is 1. The molecule has 4 N–H and O–H groups in total. The minimum atomic E-state index is -0.966. The standard InChI is InChI=1S/C14H19N3O3/c1-14(2,3)11-8-5-4-6-9(12(15)16-20)10(8)7-17(11)13(18)19/h4-6,11,20H,7H2,1-3H3,(H2,15,16)(H,18,19). The Bertz CT molecular complexity index is 576. The third-order valence-corrected chi connectivity index (χ3v) is 3.60. The fourth-order valence-corrected chi connectivity index (χ4v) is 2.87. The third-order valence-electron chi connectivity index (χ3n) is 3.60. The van der Waals surface area contributed by atoms with E-state index in [-0.39, 0.29) is 23.8 Å². The highest BCUT2D eigenvalue weighted by molar-refractivity contribution is 5.99. The van der Waals surface area contributed by atoms with Crippen LogP contribution < -0.4 is 5.73 Å². The predicted octanol–water partition coefficient (Wildman–Crippen LogP) is 2.36. The lowest BCUT2D eigenvalue weighted by atomic mass is 9.82. The summed E-state index contributed by atoms with van der Waals surface area (Å²) in [6.45, 7) is 6.25. The highest BCUT2D eigenvalue weighted by atomic mass is 16.4. The van der Waals surface area contributed by atoms with Gasteiger partial charge in [0.2, 0.25) is 0 Å². The summed E-state index contributed by atoms with van der Waals surface area (Å²) >= 11 is 0. The molecule has 1 atom stereocenters. The molecular weight excluding hydrogens is 258 g/mol. The Labute approximate surface area is 117 Å². The van der Waals surface area contributed by atoms with Gasteiger partial charge in [0.05, 0.1) is 12.6 Å². The molecule has 0 saturated heterocycles. The van der Waals surface area contributed by atoms with Crippen molar-refractivity contribution in [1.82, 2.24) is 4.90 Å². The van der Waals surface area contributed by atoms with Crippen molar-refractivity contribution >= 4 is 11.9 Å². The van der Waals surface area contributed by atoms with Crippen molar-refractivity contribution in [2.45, 2.75) is 33.4 Å². The number of nitrogens with two attached hydrogens (primary N) is 1. The van der Waals surface area contributed by atoms with E-state index in [0.29, 0.717) is 5.56 Å². The minimum Gasteiger partial charge on any atom is -0.465 e. The number of nitrogens with zero attached hydrogens (tertiary/aromatic N) is 2. The number of fused-ring (bicyclic) bond motifs is 1. The number of benzene rings is 1. The number of hydrogen-bond acceptors (Lipinski definition) is 3. The average Bonchev–Trinajstić information content (AvgIpc) is 2.76. The highest BCUT2D eigenvalue weighted by Gasteiger charge is 2.41. The lowest BCUT2D eigenvalue weighted by Crippen LogP contribution is -2.35. The normalized spacial score (nSPS) is 19.1. The zero-order chi connectivity index (χ0) is 15.1. The van der Waals surface area contributed by atoms with Crippen LogP contribution in [0.3, 0.4) is 0 Å². The molecule has 0 radical (unpaired) electrons. The van der Waals surface area contributed by atoms with Gasteiger partial charge in [0.1, 0.15) is 0 Å². The Balaban J connectivity index is 2.61. The molecule has 1 amide bonds. The van der Waals surface area contributed by atoms with Gasteiger partial charge in [0, 0.05) is 5.56 Å². The maximum Gasteiger partial charge on any atom is 0.408 e. The first-order chi connectivity index (χ1) is 9.27. The summed E-state index contributed by atoms with van der Waals surface area (Å²) in [4.78, 5) is 12.9. The molecule has 0 aliphatic carbocycles. The summed E-state index contributed by atoms with van der Waals surface area (Å²) in [5.41, 5.74) is 7.75. The number of carbonyl (C=O) groups is 1. The number of amidine groups is 1. The van der Waals surface area contributed by atoms with E-state index in [0.717, 1.165) is 11.1 Å². The number of rotatable bonds is 1. The maximum atomic E-state index is 11.5. The molecule has 108 valence electrons. The molecule has 1 unspecified atom stereocenters. The molecule has 0 spiro atoms. The molecular formula is C14H19N3O3. The largest absolute Gasteiger partial charge is 0.465 e. The van der Waals surface area contributed by atoms with Gasteiger partial charge in [-0.25, -0.2) is 4.79 Å². The van der Waals surface area contributed by atoms with Crippen LogP contribution in [0.4, 0.5) is 4.79 Å². The van der Waals surface area contributed by atoms with E-state index in [2.05, 4.69) is 5.16 Å². The summed E-state index contributed by atoms with van der Waals surface area (Å²) in [5, 5.41) is 21.3. The van der Waals surface area contributed by atoms with Crippen LogP contribution in [0.5, 0.6) is 0 Å². The number of hydrogen-bond donors (Lipinski definition) is 3. The van der Waals surface area contributed by atoms with Crippen LogP contribution in [0.1, 0.15) is 43.5 Å². The van der Waals surface area contributed by atoms with Gasteiger partial charge in [0.15, 0.2) is 5.84 Å². The first kappa shape index (κ1) is 14.2. The van der Waals surface area contributed by atoms with E-state index in [1.807, 2.05) is 26.8 Å². The van der Waals surface area contributed by atoms with Crippen molar-refractivity contribution in [2.24, 2.45) is 16.3 Å². The van der Waals surface area contributed by atoms with Crippen LogP contribution >= 0.6 is 0 Å². The Morgan fingerprint density at radius 3 is 2.60 bits per heavy atom. The predicted molar refractivity (Wildman–Crippen MR) is 74.7 cm³/mol. The molecule has 6 nitrogen and oxygen atoms in total. The molecule has 20 heavy (non-hydrogen) atoms. The van der Waals surface area contributed by atoms with Gasteiger partial charge in [-0.05, 0) is 16.5 Å². The monoisotopic (exact) mass is 277 g/mol. The summed E-state index contributed by atoms with van der Waals surface area (Å²) < 4.78 is 0. The van der Waals surface area contributed by atoms with E-state index in [4.69, 9.17) is 10.9 Å². The molecule has 2 rings (SSSR count). The van der Waals surface area contributed by atoms with Crippen molar-refractivity contribution in [3.05, 3.63) is 34.9 Å².